The Balaban J connectivity index is 1.25. The Morgan fingerprint density at radius 1 is 0.351 bits per heavy atom. The Morgan fingerprint density at radius 2 is 0.877 bits per heavy atom. The molecule has 0 aliphatic heterocycles. The number of benzene rings is 9. The van der Waals surface area contributed by atoms with E-state index in [2.05, 4.69) is 228 Å². The van der Waals surface area contributed by atoms with Crippen LogP contribution in [0.1, 0.15) is 0 Å². The van der Waals surface area contributed by atoms with Gasteiger partial charge in [0.05, 0.1) is 28.1 Å². The molecule has 9 aromatic carbocycles. The van der Waals surface area contributed by atoms with Crippen LogP contribution in [-0.4, -0.2) is 4.57 Å². The standard InChI is InChI=1S/C54H36N2S/c1-4-19-37(20-5-1)40-25-10-13-32-47(40)55(39-23-8-3-9-24-39)49-34-18-35-50-52(49)46-27-11-14-33-48(46)56(50)53-41(38-21-6-2-7-22-38)28-16-29-43(53)45-31-17-30-44-42-26-12-15-36-51(42)57-54(44)45/h1-36H. The van der Waals surface area contributed by atoms with Crippen LogP contribution in [0.3, 0.4) is 0 Å². The van der Waals surface area contributed by atoms with Crippen LogP contribution < -0.4 is 4.90 Å². The second-order valence-corrected chi connectivity index (χ2v) is 15.5. The molecule has 0 spiro atoms. The second-order valence-electron chi connectivity index (χ2n) is 14.4. The maximum atomic E-state index is 2.53. The first-order valence-corrected chi connectivity index (χ1v) is 20.3. The second kappa shape index (κ2) is 13.8. The van der Waals surface area contributed by atoms with E-state index in [-0.39, 0.29) is 0 Å². The van der Waals surface area contributed by atoms with Gasteiger partial charge in [0, 0.05) is 58.9 Å². The third-order valence-electron chi connectivity index (χ3n) is 11.2. The summed E-state index contributed by atoms with van der Waals surface area (Å²) in [7, 11) is 0. The summed E-state index contributed by atoms with van der Waals surface area (Å²) in [6.45, 7) is 0. The van der Waals surface area contributed by atoms with Gasteiger partial charge >= 0.3 is 0 Å². The number of para-hydroxylation sites is 4. The Labute approximate surface area is 335 Å². The molecule has 0 saturated carbocycles. The highest BCUT2D eigenvalue weighted by Gasteiger charge is 2.25. The zero-order valence-corrected chi connectivity index (χ0v) is 31.9. The van der Waals surface area contributed by atoms with Crippen molar-refractivity contribution < 1.29 is 0 Å². The average Bonchev–Trinajstić information content (AvgIpc) is 3.84. The van der Waals surface area contributed by atoms with Crippen LogP contribution in [0.4, 0.5) is 17.1 Å². The van der Waals surface area contributed by atoms with Crippen molar-refractivity contribution in [1.82, 2.24) is 4.57 Å². The number of nitrogens with zero attached hydrogens (tertiary/aromatic N) is 2. The fourth-order valence-corrected chi connectivity index (χ4v) is 9.99. The van der Waals surface area contributed by atoms with Crippen molar-refractivity contribution in [3.05, 3.63) is 218 Å². The Kier molecular flexibility index (Phi) is 8.04. The predicted octanol–water partition coefficient (Wildman–Crippen LogP) is 15.6. The summed E-state index contributed by atoms with van der Waals surface area (Å²) >= 11 is 1.88. The summed E-state index contributed by atoms with van der Waals surface area (Å²) in [5, 5.41) is 5.01. The van der Waals surface area contributed by atoms with Crippen LogP contribution in [0.2, 0.25) is 0 Å². The van der Waals surface area contributed by atoms with Gasteiger partial charge in [0.1, 0.15) is 0 Å². The highest BCUT2D eigenvalue weighted by Crippen LogP contribution is 2.49. The summed E-state index contributed by atoms with van der Waals surface area (Å²) < 4.78 is 5.14. The number of hydrogen-bond acceptors (Lipinski definition) is 2. The molecule has 0 aliphatic carbocycles. The molecule has 2 nitrogen and oxygen atoms in total. The van der Waals surface area contributed by atoms with Gasteiger partial charge in [-0.2, -0.15) is 0 Å². The van der Waals surface area contributed by atoms with Gasteiger partial charge in [0.15, 0.2) is 0 Å². The maximum absolute atomic E-state index is 2.53. The van der Waals surface area contributed by atoms with Crippen molar-refractivity contribution in [2.24, 2.45) is 0 Å². The fraction of sp³-hybridized carbons (Fsp3) is 0. The molecule has 0 N–H and O–H groups in total. The first kappa shape index (κ1) is 33.2. The van der Waals surface area contributed by atoms with Gasteiger partial charge in [0.2, 0.25) is 0 Å². The van der Waals surface area contributed by atoms with Gasteiger partial charge in [-0.25, -0.2) is 0 Å². The van der Waals surface area contributed by atoms with Crippen molar-refractivity contribution in [2.75, 3.05) is 4.90 Å². The van der Waals surface area contributed by atoms with E-state index in [0.29, 0.717) is 0 Å². The van der Waals surface area contributed by atoms with E-state index in [1.807, 2.05) is 11.3 Å². The smallest absolute Gasteiger partial charge is 0.0619 e. The molecule has 0 saturated heterocycles. The van der Waals surface area contributed by atoms with Crippen LogP contribution in [0, 0.1) is 0 Å². The lowest BCUT2D eigenvalue weighted by molar-refractivity contribution is 1.18. The monoisotopic (exact) mass is 744 g/mol. The van der Waals surface area contributed by atoms with E-state index in [0.717, 1.165) is 28.1 Å². The average molecular weight is 745 g/mol. The minimum atomic E-state index is 1.10. The van der Waals surface area contributed by atoms with Crippen LogP contribution in [-0.2, 0) is 0 Å². The molecule has 0 amide bonds. The van der Waals surface area contributed by atoms with Gasteiger partial charge in [-0.15, -0.1) is 11.3 Å². The molecule has 0 atom stereocenters. The lowest BCUT2D eigenvalue weighted by Gasteiger charge is -2.28. The number of anilines is 3. The molecule has 11 aromatic rings. The predicted molar refractivity (Wildman–Crippen MR) is 245 cm³/mol. The van der Waals surface area contributed by atoms with Crippen molar-refractivity contribution >= 4 is 70.4 Å². The minimum Gasteiger partial charge on any atom is -0.309 e. The zero-order chi connectivity index (χ0) is 37.7. The van der Waals surface area contributed by atoms with Crippen molar-refractivity contribution in [3.8, 4) is 39.1 Å². The molecule has 57 heavy (non-hydrogen) atoms. The summed E-state index contributed by atoms with van der Waals surface area (Å²) in [6.07, 6.45) is 0. The van der Waals surface area contributed by atoms with Crippen molar-refractivity contribution in [3.63, 3.8) is 0 Å². The van der Waals surface area contributed by atoms with Crippen LogP contribution in [0.5, 0.6) is 0 Å². The molecule has 268 valence electrons. The highest BCUT2D eigenvalue weighted by atomic mass is 32.1. The molecule has 0 unspecified atom stereocenters. The number of aromatic nitrogens is 1. The van der Waals surface area contributed by atoms with Gasteiger partial charge in [-0.05, 0) is 53.6 Å². The lowest BCUT2D eigenvalue weighted by atomic mass is 9.94. The molecular weight excluding hydrogens is 709 g/mol. The molecule has 0 bridgehead atoms. The van der Waals surface area contributed by atoms with E-state index in [4.69, 9.17) is 0 Å². The SMILES string of the molecule is c1ccc(-c2ccccc2N(c2ccccc2)c2cccc3c2c2ccccc2n3-c2c(-c3ccccc3)cccc2-c2cccc3c2sc2ccccc23)cc1. The Hall–Kier alpha value is -7.20. The summed E-state index contributed by atoms with van der Waals surface area (Å²) in [6, 6.07) is 79.3. The third-order valence-corrected chi connectivity index (χ3v) is 12.4. The Bertz CT molecular complexity index is 3230. The molecule has 3 heteroatoms. The van der Waals surface area contributed by atoms with Gasteiger partial charge in [-0.3, -0.25) is 0 Å². The van der Waals surface area contributed by atoms with Crippen molar-refractivity contribution in [1.29, 1.82) is 0 Å². The van der Waals surface area contributed by atoms with E-state index in [9.17, 15) is 0 Å². The molecule has 2 aromatic heterocycles. The fourth-order valence-electron chi connectivity index (χ4n) is 8.75. The quantitative estimate of drug-likeness (QED) is 0.158. The molecule has 0 aliphatic rings. The molecular formula is C54H36N2S. The summed E-state index contributed by atoms with van der Waals surface area (Å²) in [5.74, 6) is 0. The number of fused-ring (bicyclic) bond motifs is 6. The van der Waals surface area contributed by atoms with Gasteiger partial charge in [0.25, 0.3) is 0 Å². The number of rotatable bonds is 7. The molecule has 11 rings (SSSR count). The molecule has 0 radical (unpaired) electrons. The van der Waals surface area contributed by atoms with Crippen LogP contribution in [0.25, 0.3) is 81.0 Å². The maximum Gasteiger partial charge on any atom is 0.0619 e. The van der Waals surface area contributed by atoms with E-state index in [1.54, 1.807) is 0 Å². The van der Waals surface area contributed by atoms with Crippen LogP contribution in [0.15, 0.2) is 218 Å². The number of hydrogen-bond donors (Lipinski definition) is 0. The largest absolute Gasteiger partial charge is 0.309 e. The normalized spacial score (nSPS) is 11.5. The topological polar surface area (TPSA) is 8.17 Å². The van der Waals surface area contributed by atoms with Crippen LogP contribution >= 0.6 is 11.3 Å². The zero-order valence-electron chi connectivity index (χ0n) is 31.1. The summed E-state index contributed by atoms with van der Waals surface area (Å²) in [4.78, 5) is 2.45. The lowest BCUT2D eigenvalue weighted by Crippen LogP contribution is -2.11. The molecule has 2 heterocycles. The highest BCUT2D eigenvalue weighted by molar-refractivity contribution is 7.26. The summed E-state index contributed by atoms with van der Waals surface area (Å²) in [5.41, 5.74) is 14.0. The van der Waals surface area contributed by atoms with E-state index in [1.165, 1.54) is 70.0 Å². The first-order chi connectivity index (χ1) is 28.3. The number of thiophene rings is 1. The molecule has 0 fully saturated rings. The van der Waals surface area contributed by atoms with E-state index >= 15 is 0 Å². The van der Waals surface area contributed by atoms with Crippen molar-refractivity contribution in [2.45, 2.75) is 0 Å². The first-order valence-electron chi connectivity index (χ1n) is 19.4. The third kappa shape index (κ3) is 5.47. The van der Waals surface area contributed by atoms with Gasteiger partial charge in [-0.1, -0.05) is 176 Å². The van der Waals surface area contributed by atoms with Gasteiger partial charge < -0.3 is 9.47 Å². The Morgan fingerprint density at radius 3 is 1.68 bits per heavy atom. The van der Waals surface area contributed by atoms with E-state index < -0.39 is 0 Å². The minimum absolute atomic E-state index is 1.10.